The zero-order valence-corrected chi connectivity index (χ0v) is 26.8. The number of fused-ring (bicyclic) bond motifs is 1. The zero-order valence-electron chi connectivity index (χ0n) is 26.8. The molecule has 0 radical (unpaired) electrons. The van der Waals surface area contributed by atoms with Gasteiger partial charge in [-0.05, 0) is 53.6 Å². The number of imidazole rings is 1. The highest BCUT2D eigenvalue weighted by Crippen LogP contribution is 2.33. The molecule has 9 heteroatoms. The summed E-state index contributed by atoms with van der Waals surface area (Å²) < 4.78 is 14.5. The van der Waals surface area contributed by atoms with Crippen LogP contribution in [0.5, 0.6) is 11.5 Å². The molecule has 1 saturated heterocycles. The van der Waals surface area contributed by atoms with E-state index in [1.54, 1.807) is 36.8 Å². The van der Waals surface area contributed by atoms with Gasteiger partial charge in [-0.25, -0.2) is 4.98 Å². The number of hydrogen-bond acceptors (Lipinski definition) is 7. The van der Waals surface area contributed by atoms with Gasteiger partial charge < -0.3 is 29.4 Å². The first-order valence-electron chi connectivity index (χ1n) is 16.4. The first-order chi connectivity index (χ1) is 23.5. The molecule has 1 aromatic heterocycles. The fraction of sp³-hybridized carbons (Fsp3) is 0.256. The Balaban J connectivity index is 0.974. The van der Waals surface area contributed by atoms with E-state index >= 15 is 0 Å². The molecule has 1 aliphatic rings. The second-order valence-electron chi connectivity index (χ2n) is 11.9. The van der Waals surface area contributed by atoms with Crippen molar-refractivity contribution in [3.63, 3.8) is 0 Å². The van der Waals surface area contributed by atoms with Crippen LogP contribution >= 0.6 is 0 Å². The molecule has 0 saturated carbocycles. The number of ketones is 1. The standard InChI is InChI=1S/C39H40N4O5/c44-31-26-34(33-12-7-13-37(35(33)27-31)47-25-24-43-22-18-40-28-43)36(45)14-15-38(46)41-19-23-42-20-16-32(17-21-42)48-39(29-8-3-1-4-9-29)30-10-5-2-6-11-30/h1-15,18,22,26-28,32,39,44H,16-17,19-21,23-25H2,(H,41,46)/b15-14+. The Bertz CT molecular complexity index is 1780. The topological polar surface area (TPSA) is 106 Å². The highest BCUT2D eigenvalue weighted by Gasteiger charge is 2.24. The number of rotatable bonds is 14. The highest BCUT2D eigenvalue weighted by atomic mass is 16.5. The first kappa shape index (κ1) is 32.7. The predicted octanol–water partition coefficient (Wildman–Crippen LogP) is 5.95. The van der Waals surface area contributed by atoms with Crippen molar-refractivity contribution >= 4 is 22.5 Å². The smallest absolute Gasteiger partial charge is 0.244 e. The number of phenols is 1. The van der Waals surface area contributed by atoms with Crippen LogP contribution in [-0.4, -0.2) is 70.1 Å². The Morgan fingerprint density at radius 2 is 1.62 bits per heavy atom. The van der Waals surface area contributed by atoms with Gasteiger partial charge in [-0.1, -0.05) is 72.8 Å². The molecular weight excluding hydrogens is 604 g/mol. The van der Waals surface area contributed by atoms with Crippen LogP contribution in [-0.2, 0) is 16.1 Å². The number of aromatic hydroxyl groups is 1. The number of carbonyl (C=O) groups excluding carboxylic acids is 2. The number of aromatic nitrogens is 2. The maximum absolute atomic E-state index is 13.2. The maximum atomic E-state index is 13.2. The third kappa shape index (κ3) is 8.56. The third-order valence-corrected chi connectivity index (χ3v) is 8.55. The van der Waals surface area contributed by atoms with Gasteiger partial charge in [-0.15, -0.1) is 0 Å². The van der Waals surface area contributed by atoms with Gasteiger partial charge in [-0.2, -0.15) is 0 Å². The number of allylic oxidation sites excluding steroid dienone is 1. The number of nitrogens with zero attached hydrogens (tertiary/aromatic N) is 3. The monoisotopic (exact) mass is 644 g/mol. The van der Waals surface area contributed by atoms with Crippen LogP contribution in [0.15, 0.2) is 122 Å². The molecule has 1 fully saturated rings. The molecule has 1 aliphatic heterocycles. The van der Waals surface area contributed by atoms with Crippen LogP contribution < -0.4 is 10.1 Å². The van der Waals surface area contributed by atoms with E-state index in [1.807, 2.05) is 47.2 Å². The number of benzene rings is 4. The largest absolute Gasteiger partial charge is 0.508 e. The summed E-state index contributed by atoms with van der Waals surface area (Å²) in [5.41, 5.74) is 2.59. The van der Waals surface area contributed by atoms with Crippen molar-refractivity contribution in [3.8, 4) is 11.5 Å². The molecule has 6 rings (SSSR count). The number of nitrogens with one attached hydrogen (secondary N) is 1. The first-order valence-corrected chi connectivity index (χ1v) is 16.4. The van der Waals surface area contributed by atoms with Crippen molar-refractivity contribution in [2.75, 3.05) is 32.8 Å². The van der Waals surface area contributed by atoms with Gasteiger partial charge in [0.15, 0.2) is 5.78 Å². The minimum absolute atomic E-state index is 0.0563. The van der Waals surface area contributed by atoms with Gasteiger partial charge in [-0.3, -0.25) is 9.59 Å². The molecule has 0 atom stereocenters. The molecule has 1 amide bonds. The molecule has 0 spiro atoms. The fourth-order valence-corrected chi connectivity index (χ4v) is 6.06. The van der Waals surface area contributed by atoms with Crippen molar-refractivity contribution in [3.05, 3.63) is 139 Å². The van der Waals surface area contributed by atoms with Crippen LogP contribution in [0.1, 0.15) is 40.4 Å². The van der Waals surface area contributed by atoms with E-state index in [1.165, 1.54) is 18.2 Å². The van der Waals surface area contributed by atoms with Crippen molar-refractivity contribution in [2.45, 2.75) is 31.6 Å². The molecule has 48 heavy (non-hydrogen) atoms. The van der Waals surface area contributed by atoms with Gasteiger partial charge in [0.2, 0.25) is 5.91 Å². The maximum Gasteiger partial charge on any atom is 0.244 e. The van der Waals surface area contributed by atoms with Crippen LogP contribution in [0.3, 0.4) is 0 Å². The molecule has 5 aromatic rings. The van der Waals surface area contributed by atoms with Crippen LogP contribution in [0, 0.1) is 0 Å². The van der Waals surface area contributed by atoms with E-state index in [-0.39, 0.29) is 29.6 Å². The van der Waals surface area contributed by atoms with E-state index in [9.17, 15) is 14.7 Å². The fourth-order valence-electron chi connectivity index (χ4n) is 6.06. The van der Waals surface area contributed by atoms with E-state index in [0.29, 0.717) is 48.3 Å². The van der Waals surface area contributed by atoms with Gasteiger partial charge in [0, 0.05) is 55.6 Å². The summed E-state index contributed by atoms with van der Waals surface area (Å²) in [7, 11) is 0. The molecule has 0 unspecified atom stereocenters. The van der Waals surface area contributed by atoms with Gasteiger partial charge >= 0.3 is 0 Å². The second kappa shape index (κ2) is 16.0. The molecular formula is C39H40N4O5. The molecule has 2 heterocycles. The normalized spacial score (nSPS) is 14.1. The Morgan fingerprint density at radius 3 is 2.31 bits per heavy atom. The van der Waals surface area contributed by atoms with E-state index < -0.39 is 0 Å². The average Bonchev–Trinajstić information content (AvgIpc) is 3.64. The SMILES string of the molecule is O=C(/C=C/C(=O)c1cc(O)cc2c(OCCn3ccnc3)cccc12)NCCN1CCC(OC(c2ccccc2)c2ccccc2)CC1. The minimum Gasteiger partial charge on any atom is -0.508 e. The number of piperidine rings is 1. The third-order valence-electron chi connectivity index (χ3n) is 8.55. The quantitative estimate of drug-likeness (QED) is 0.114. The lowest BCUT2D eigenvalue weighted by molar-refractivity contribution is -0.116. The summed E-state index contributed by atoms with van der Waals surface area (Å²) in [6.07, 6.45) is 9.62. The minimum atomic E-state index is -0.381. The van der Waals surface area contributed by atoms with Crippen molar-refractivity contribution in [2.24, 2.45) is 0 Å². The molecule has 4 aromatic carbocycles. The number of likely N-dealkylation sites (tertiary alicyclic amines) is 1. The zero-order chi connectivity index (χ0) is 33.1. The van der Waals surface area contributed by atoms with Crippen LogP contribution in [0.2, 0.25) is 0 Å². The Kier molecular flexibility index (Phi) is 10.9. The van der Waals surface area contributed by atoms with Crippen molar-refractivity contribution in [1.82, 2.24) is 19.8 Å². The number of phenolic OH excluding ortho intramolecular Hbond substituents is 1. The number of hydrogen-bond donors (Lipinski definition) is 2. The van der Waals surface area contributed by atoms with Gasteiger partial charge in [0.05, 0.1) is 19.0 Å². The summed E-state index contributed by atoms with van der Waals surface area (Å²) in [6, 6.07) is 29.1. The molecule has 9 nitrogen and oxygen atoms in total. The molecule has 2 N–H and O–H groups in total. The number of carbonyl (C=O) groups is 2. The summed E-state index contributed by atoms with van der Waals surface area (Å²) in [6.45, 7) is 3.94. The van der Waals surface area contributed by atoms with Crippen LogP contribution in [0.25, 0.3) is 10.8 Å². The van der Waals surface area contributed by atoms with Crippen LogP contribution in [0.4, 0.5) is 0 Å². The van der Waals surface area contributed by atoms with Crippen molar-refractivity contribution in [1.29, 1.82) is 0 Å². The lowest BCUT2D eigenvalue weighted by atomic mass is 10.00. The van der Waals surface area contributed by atoms with Crippen molar-refractivity contribution < 1.29 is 24.2 Å². The summed E-state index contributed by atoms with van der Waals surface area (Å²) in [5.74, 6) is -0.225. The molecule has 0 aliphatic carbocycles. The van der Waals surface area contributed by atoms with E-state index in [4.69, 9.17) is 9.47 Å². The van der Waals surface area contributed by atoms with Gasteiger partial charge in [0.25, 0.3) is 0 Å². The Hall–Kier alpha value is -5.25. The number of amides is 1. The lowest BCUT2D eigenvalue weighted by Gasteiger charge is -2.34. The predicted molar refractivity (Wildman–Crippen MR) is 185 cm³/mol. The Morgan fingerprint density at radius 1 is 0.896 bits per heavy atom. The van der Waals surface area contributed by atoms with E-state index in [2.05, 4.69) is 39.5 Å². The molecule has 246 valence electrons. The Labute approximate surface area is 280 Å². The highest BCUT2D eigenvalue weighted by molar-refractivity contribution is 6.16. The summed E-state index contributed by atoms with van der Waals surface area (Å²) in [5, 5.41) is 14.5. The number of ether oxygens (including phenoxy) is 2. The second-order valence-corrected chi connectivity index (χ2v) is 11.9. The molecule has 0 bridgehead atoms. The van der Waals surface area contributed by atoms with E-state index in [0.717, 1.165) is 37.1 Å². The lowest BCUT2D eigenvalue weighted by Crippen LogP contribution is -2.41. The average molecular weight is 645 g/mol. The van der Waals surface area contributed by atoms with Gasteiger partial charge in [0.1, 0.15) is 24.2 Å². The summed E-state index contributed by atoms with van der Waals surface area (Å²) >= 11 is 0. The summed E-state index contributed by atoms with van der Waals surface area (Å²) in [4.78, 5) is 32.1.